The van der Waals surface area contributed by atoms with E-state index >= 15 is 0 Å². The molecule has 0 aromatic heterocycles. The van der Waals surface area contributed by atoms with Crippen LogP contribution >= 0.6 is 0 Å². The molecule has 1 saturated carbocycles. The van der Waals surface area contributed by atoms with Gasteiger partial charge in [0.15, 0.2) is 0 Å². The van der Waals surface area contributed by atoms with Crippen molar-refractivity contribution in [2.45, 2.75) is 31.7 Å². The molecule has 5 nitrogen and oxygen atoms in total. The van der Waals surface area contributed by atoms with Gasteiger partial charge >= 0.3 is 0 Å². The van der Waals surface area contributed by atoms with Crippen molar-refractivity contribution in [3.63, 3.8) is 0 Å². The molecule has 0 aromatic carbocycles. The van der Waals surface area contributed by atoms with Crippen LogP contribution in [0.3, 0.4) is 0 Å². The van der Waals surface area contributed by atoms with Crippen molar-refractivity contribution in [2.75, 3.05) is 26.8 Å². The molecule has 2 rings (SSSR count). The number of hydrazine groups is 1. The first kappa shape index (κ1) is 12.8. The monoisotopic (exact) mass is 241 g/mol. The van der Waals surface area contributed by atoms with E-state index in [1.54, 1.807) is 7.11 Å². The summed E-state index contributed by atoms with van der Waals surface area (Å²) >= 11 is 0. The second kappa shape index (κ2) is 5.80. The lowest BCUT2D eigenvalue weighted by molar-refractivity contribution is -0.130. The smallest absolute Gasteiger partial charge is 0.253 e. The maximum absolute atomic E-state index is 11.8. The Morgan fingerprint density at radius 2 is 2.12 bits per heavy atom. The number of carbonyl (C=O) groups excluding carboxylic acids is 1. The molecule has 0 spiro atoms. The number of hydrogen-bond acceptors (Lipinski definition) is 4. The molecule has 0 radical (unpaired) electrons. The van der Waals surface area contributed by atoms with E-state index in [1.165, 1.54) is 25.7 Å². The van der Waals surface area contributed by atoms with Gasteiger partial charge in [0.1, 0.15) is 6.04 Å². The number of rotatable bonds is 4. The fraction of sp³-hybridized carbons (Fsp3) is 0.917. The topological polar surface area (TPSA) is 67.6 Å². The lowest BCUT2D eigenvalue weighted by atomic mass is 9.77. The Labute approximate surface area is 103 Å². The standard InChI is InChI=1S/C12H23N3O2/c1-17-8-11(12(16)14-13)15-6-9-3-2-4-10(5-9)7-15/h9-11H,2-8,13H2,1H3,(H,14,16). The molecule has 3 unspecified atom stereocenters. The molecule has 1 saturated heterocycles. The molecule has 98 valence electrons. The molecule has 1 heterocycles. The van der Waals surface area contributed by atoms with Crippen LogP contribution in [0, 0.1) is 11.8 Å². The number of nitrogens with one attached hydrogen (secondary N) is 1. The van der Waals surface area contributed by atoms with Crippen LogP contribution in [0.1, 0.15) is 25.7 Å². The second-order valence-electron chi connectivity index (χ2n) is 5.33. The molecule has 3 N–H and O–H groups in total. The van der Waals surface area contributed by atoms with E-state index in [0.717, 1.165) is 24.9 Å². The summed E-state index contributed by atoms with van der Waals surface area (Å²) in [4.78, 5) is 14.0. The number of hydrogen-bond donors (Lipinski definition) is 2. The summed E-state index contributed by atoms with van der Waals surface area (Å²) in [5, 5.41) is 0. The molecule has 2 aliphatic rings. The van der Waals surface area contributed by atoms with Crippen LogP contribution in [-0.4, -0.2) is 43.7 Å². The lowest BCUT2D eigenvalue weighted by Crippen LogP contribution is -2.56. The highest BCUT2D eigenvalue weighted by molar-refractivity contribution is 5.81. The average Bonchev–Trinajstić information content (AvgIpc) is 2.34. The van der Waals surface area contributed by atoms with Gasteiger partial charge in [0.2, 0.25) is 0 Å². The molecule has 17 heavy (non-hydrogen) atoms. The van der Waals surface area contributed by atoms with Crippen LogP contribution in [0.4, 0.5) is 0 Å². The number of likely N-dealkylation sites (tertiary alicyclic amines) is 1. The first-order valence-corrected chi connectivity index (χ1v) is 6.48. The molecule has 2 fully saturated rings. The van der Waals surface area contributed by atoms with Crippen LogP contribution < -0.4 is 11.3 Å². The van der Waals surface area contributed by atoms with Crippen LogP contribution in [0.25, 0.3) is 0 Å². The fourth-order valence-corrected chi connectivity index (χ4v) is 3.33. The van der Waals surface area contributed by atoms with Crippen molar-refractivity contribution in [1.29, 1.82) is 0 Å². The Morgan fingerprint density at radius 1 is 1.47 bits per heavy atom. The quantitative estimate of drug-likeness (QED) is 0.416. The molecule has 0 aromatic rings. The average molecular weight is 241 g/mol. The third-order valence-corrected chi connectivity index (χ3v) is 4.09. The third kappa shape index (κ3) is 2.97. The summed E-state index contributed by atoms with van der Waals surface area (Å²) < 4.78 is 5.14. The van der Waals surface area contributed by atoms with Crippen molar-refractivity contribution < 1.29 is 9.53 Å². The maximum atomic E-state index is 11.8. The summed E-state index contributed by atoms with van der Waals surface area (Å²) in [6, 6.07) is -0.228. The number of fused-ring (bicyclic) bond motifs is 2. The summed E-state index contributed by atoms with van der Waals surface area (Å²) in [6.07, 6.45) is 5.29. The van der Waals surface area contributed by atoms with Gasteiger partial charge in [-0.2, -0.15) is 0 Å². The maximum Gasteiger partial charge on any atom is 0.253 e. The summed E-state index contributed by atoms with van der Waals surface area (Å²) in [6.45, 7) is 2.44. The van der Waals surface area contributed by atoms with Crippen molar-refractivity contribution in [3.8, 4) is 0 Å². The Bertz CT molecular complexity index is 260. The highest BCUT2D eigenvalue weighted by atomic mass is 16.5. The minimum atomic E-state index is -0.228. The van der Waals surface area contributed by atoms with Crippen LogP contribution in [0.15, 0.2) is 0 Å². The van der Waals surface area contributed by atoms with Gasteiger partial charge in [0.05, 0.1) is 6.61 Å². The van der Waals surface area contributed by atoms with Crippen LogP contribution in [0.5, 0.6) is 0 Å². The van der Waals surface area contributed by atoms with E-state index in [2.05, 4.69) is 10.3 Å². The van der Waals surface area contributed by atoms with E-state index in [-0.39, 0.29) is 11.9 Å². The van der Waals surface area contributed by atoms with E-state index in [1.807, 2.05) is 0 Å². The number of nitrogens with zero attached hydrogens (tertiary/aromatic N) is 1. The fourth-order valence-electron chi connectivity index (χ4n) is 3.33. The third-order valence-electron chi connectivity index (χ3n) is 4.09. The molecular weight excluding hydrogens is 218 g/mol. The number of nitrogens with two attached hydrogens (primary N) is 1. The molecule has 5 heteroatoms. The molecular formula is C12H23N3O2. The van der Waals surface area contributed by atoms with E-state index in [4.69, 9.17) is 10.6 Å². The second-order valence-corrected chi connectivity index (χ2v) is 5.33. The van der Waals surface area contributed by atoms with Gasteiger partial charge in [0, 0.05) is 20.2 Å². The minimum Gasteiger partial charge on any atom is -0.383 e. The Morgan fingerprint density at radius 3 is 2.65 bits per heavy atom. The molecule has 1 amide bonds. The zero-order valence-electron chi connectivity index (χ0n) is 10.5. The lowest BCUT2D eigenvalue weighted by Gasteiger charge is -2.43. The molecule has 2 bridgehead atoms. The van der Waals surface area contributed by atoms with Gasteiger partial charge < -0.3 is 4.74 Å². The molecule has 1 aliphatic heterocycles. The Balaban J connectivity index is 2.00. The predicted molar refractivity (Wildman–Crippen MR) is 65.0 cm³/mol. The van der Waals surface area contributed by atoms with E-state index in [0.29, 0.717) is 6.61 Å². The molecule has 1 aliphatic carbocycles. The van der Waals surface area contributed by atoms with Gasteiger partial charge in [-0.3, -0.25) is 15.1 Å². The van der Waals surface area contributed by atoms with Crippen molar-refractivity contribution in [2.24, 2.45) is 17.7 Å². The summed E-state index contributed by atoms with van der Waals surface area (Å²) in [7, 11) is 1.63. The Kier molecular flexibility index (Phi) is 4.36. The highest BCUT2D eigenvalue weighted by Gasteiger charge is 2.35. The van der Waals surface area contributed by atoms with E-state index in [9.17, 15) is 4.79 Å². The van der Waals surface area contributed by atoms with Gasteiger partial charge in [-0.25, -0.2) is 5.84 Å². The van der Waals surface area contributed by atoms with Crippen molar-refractivity contribution in [3.05, 3.63) is 0 Å². The predicted octanol–water partition coefficient (Wildman–Crippen LogP) is 0.113. The van der Waals surface area contributed by atoms with Crippen LogP contribution in [0.2, 0.25) is 0 Å². The zero-order chi connectivity index (χ0) is 12.3. The highest BCUT2D eigenvalue weighted by Crippen LogP contribution is 2.35. The van der Waals surface area contributed by atoms with E-state index < -0.39 is 0 Å². The van der Waals surface area contributed by atoms with Gasteiger partial charge in [-0.05, 0) is 31.1 Å². The number of amides is 1. The normalized spacial score (nSPS) is 30.9. The van der Waals surface area contributed by atoms with Gasteiger partial charge in [-0.15, -0.1) is 0 Å². The molecule has 3 atom stereocenters. The number of methoxy groups -OCH3 is 1. The van der Waals surface area contributed by atoms with Gasteiger partial charge in [-0.1, -0.05) is 6.42 Å². The first-order chi connectivity index (χ1) is 8.24. The first-order valence-electron chi connectivity index (χ1n) is 6.48. The number of piperidine rings is 1. The van der Waals surface area contributed by atoms with Crippen molar-refractivity contribution >= 4 is 5.91 Å². The SMILES string of the molecule is COCC(C(=O)NN)N1CC2CCCC(C2)C1. The van der Waals surface area contributed by atoms with Crippen molar-refractivity contribution in [1.82, 2.24) is 10.3 Å². The van der Waals surface area contributed by atoms with Gasteiger partial charge in [0.25, 0.3) is 5.91 Å². The largest absolute Gasteiger partial charge is 0.383 e. The summed E-state index contributed by atoms with van der Waals surface area (Å²) in [5.41, 5.74) is 2.25. The number of carbonyl (C=O) groups is 1. The summed E-state index contributed by atoms with van der Waals surface area (Å²) in [5.74, 6) is 6.63. The Hall–Kier alpha value is -0.650. The zero-order valence-corrected chi connectivity index (χ0v) is 10.5. The number of ether oxygens (including phenoxy) is 1. The minimum absolute atomic E-state index is 0.133. The van der Waals surface area contributed by atoms with Crippen LogP contribution in [-0.2, 0) is 9.53 Å².